The molecule has 0 saturated carbocycles. The molecule has 1 aliphatic rings. The Morgan fingerprint density at radius 3 is 2.25 bits per heavy atom. The summed E-state index contributed by atoms with van der Waals surface area (Å²) in [5, 5.41) is 38.5. The number of hydrogen-bond donors (Lipinski definition) is 11. The summed E-state index contributed by atoms with van der Waals surface area (Å²) in [5.74, 6) is -7.11. The molecule has 0 spiro atoms. The van der Waals surface area contributed by atoms with Crippen LogP contribution in [0.3, 0.4) is 0 Å². The number of rotatable bonds is 20. The molecule has 5 amide bonds. The number of aromatic hydroxyl groups is 1. The molecule has 1 fully saturated rings. The van der Waals surface area contributed by atoms with E-state index in [9.17, 15) is 48.9 Å². The predicted molar refractivity (Wildman–Crippen MR) is 185 cm³/mol. The average Bonchev–Trinajstić information content (AvgIpc) is 3.81. The van der Waals surface area contributed by atoms with Gasteiger partial charge in [0.2, 0.25) is 29.5 Å². The number of carboxylic acid groups (broad SMARTS) is 2. The number of imidazole rings is 1. The topological polar surface area (TPSA) is 351 Å². The Morgan fingerprint density at radius 1 is 0.943 bits per heavy atom. The van der Waals surface area contributed by atoms with Gasteiger partial charge in [0, 0.05) is 37.8 Å². The Balaban J connectivity index is 1.76. The first-order valence-electron chi connectivity index (χ1n) is 16.6. The molecule has 1 aromatic carbocycles. The van der Waals surface area contributed by atoms with E-state index in [0.717, 1.165) is 4.90 Å². The minimum absolute atomic E-state index is 0.0431. The standard InChI is InChI=1S/C32H45N11O10/c33-20(3-1-9-37-32(34)35)27(48)38-15-25(45)40-22(13-26(46)47)29(50)41-21(12-18-14-36-16-39-18)28(49)42-23(11-17-5-7-19(44)8-6-17)30(51)43-10-2-4-24(43)31(52)53/h5-8,14,16,20-24,44H,1-4,9-13,15,33H2,(H,36,39)(H,38,48)(H,40,45)(H,41,50)(H,42,49)(H,46,47)(H,52,53)(H4,34,35,37)/t20-,21-,22-,23-,24-/m0/s1. The summed E-state index contributed by atoms with van der Waals surface area (Å²) in [5.41, 5.74) is 17.2. The number of benzene rings is 1. The van der Waals surface area contributed by atoms with Crippen LogP contribution in [0.2, 0.25) is 0 Å². The highest BCUT2D eigenvalue weighted by molar-refractivity contribution is 5.97. The number of aromatic amines is 1. The van der Waals surface area contributed by atoms with Crippen molar-refractivity contribution in [2.24, 2.45) is 22.2 Å². The summed E-state index contributed by atoms with van der Waals surface area (Å²) in [6.45, 7) is -0.292. The average molecular weight is 744 g/mol. The lowest BCUT2D eigenvalue weighted by Crippen LogP contribution is -2.59. The van der Waals surface area contributed by atoms with Crippen LogP contribution in [-0.2, 0) is 46.4 Å². The van der Waals surface area contributed by atoms with Crippen molar-refractivity contribution in [3.05, 3.63) is 48.0 Å². The number of aliphatic imine (C=N–C) groups is 1. The van der Waals surface area contributed by atoms with Crippen LogP contribution in [0.4, 0.5) is 0 Å². The quantitative estimate of drug-likeness (QED) is 0.0355. The van der Waals surface area contributed by atoms with Crippen molar-refractivity contribution in [2.75, 3.05) is 19.6 Å². The zero-order valence-electron chi connectivity index (χ0n) is 28.7. The number of nitrogens with zero attached hydrogens (tertiary/aromatic N) is 3. The Bertz CT molecular complexity index is 1630. The molecule has 1 saturated heterocycles. The molecule has 288 valence electrons. The van der Waals surface area contributed by atoms with Gasteiger partial charge in [0.25, 0.3) is 0 Å². The van der Waals surface area contributed by atoms with E-state index >= 15 is 0 Å². The molecular formula is C32H45N11O10. The molecule has 3 rings (SSSR count). The number of hydrogen-bond acceptors (Lipinski definition) is 11. The second-order valence-corrected chi connectivity index (χ2v) is 12.3. The van der Waals surface area contributed by atoms with Gasteiger partial charge in [-0.1, -0.05) is 12.1 Å². The Labute approximate surface area is 303 Å². The molecule has 2 heterocycles. The molecule has 5 atom stereocenters. The summed E-state index contributed by atoms with van der Waals surface area (Å²) in [6, 6.07) is -0.809. The third-order valence-electron chi connectivity index (χ3n) is 8.18. The van der Waals surface area contributed by atoms with Crippen molar-refractivity contribution in [2.45, 2.75) is 75.2 Å². The lowest BCUT2D eigenvalue weighted by atomic mass is 10.0. The van der Waals surface area contributed by atoms with Crippen molar-refractivity contribution >= 4 is 47.4 Å². The molecule has 0 aliphatic carbocycles. The van der Waals surface area contributed by atoms with Crippen LogP contribution in [0.25, 0.3) is 0 Å². The number of nitrogens with two attached hydrogens (primary N) is 3. The maximum atomic E-state index is 13.9. The molecule has 53 heavy (non-hydrogen) atoms. The number of aromatic nitrogens is 2. The fourth-order valence-electron chi connectivity index (χ4n) is 5.50. The minimum Gasteiger partial charge on any atom is -0.508 e. The van der Waals surface area contributed by atoms with E-state index in [1.807, 2.05) is 0 Å². The van der Waals surface area contributed by atoms with Gasteiger partial charge in [-0.3, -0.25) is 33.8 Å². The molecule has 14 N–H and O–H groups in total. The Morgan fingerprint density at radius 2 is 1.62 bits per heavy atom. The van der Waals surface area contributed by atoms with Crippen LogP contribution in [0.1, 0.15) is 43.4 Å². The van der Waals surface area contributed by atoms with Crippen molar-refractivity contribution in [1.29, 1.82) is 0 Å². The van der Waals surface area contributed by atoms with Crippen molar-refractivity contribution < 1.29 is 48.9 Å². The summed E-state index contributed by atoms with van der Waals surface area (Å²) < 4.78 is 0. The molecule has 0 bridgehead atoms. The largest absolute Gasteiger partial charge is 0.508 e. The third kappa shape index (κ3) is 13.4. The predicted octanol–water partition coefficient (Wildman–Crippen LogP) is -3.60. The maximum absolute atomic E-state index is 13.9. The summed E-state index contributed by atoms with van der Waals surface area (Å²) in [4.78, 5) is 101. The molecule has 1 aliphatic heterocycles. The zero-order valence-corrected chi connectivity index (χ0v) is 28.7. The normalized spacial score (nSPS) is 15.9. The van der Waals surface area contributed by atoms with Crippen LogP contribution >= 0.6 is 0 Å². The number of likely N-dealkylation sites (tertiary alicyclic amines) is 1. The molecule has 21 nitrogen and oxygen atoms in total. The van der Waals surface area contributed by atoms with Gasteiger partial charge in [-0.15, -0.1) is 0 Å². The first-order valence-corrected chi connectivity index (χ1v) is 16.6. The number of carboxylic acids is 2. The van der Waals surface area contributed by atoms with Crippen LogP contribution in [0, 0.1) is 0 Å². The van der Waals surface area contributed by atoms with Crippen molar-refractivity contribution in [3.8, 4) is 5.75 Å². The number of amides is 5. The highest BCUT2D eigenvalue weighted by Gasteiger charge is 2.39. The fraction of sp³-hybridized carbons (Fsp3) is 0.469. The summed E-state index contributed by atoms with van der Waals surface area (Å²) in [6.07, 6.45) is 2.67. The number of nitrogens with one attached hydrogen (secondary N) is 5. The van der Waals surface area contributed by atoms with Gasteiger partial charge in [-0.2, -0.15) is 0 Å². The lowest BCUT2D eigenvalue weighted by Gasteiger charge is -2.29. The van der Waals surface area contributed by atoms with E-state index < -0.39 is 84.6 Å². The minimum atomic E-state index is -1.71. The third-order valence-corrected chi connectivity index (χ3v) is 8.18. The number of carbonyl (C=O) groups excluding carboxylic acids is 5. The maximum Gasteiger partial charge on any atom is 0.326 e. The van der Waals surface area contributed by atoms with Gasteiger partial charge in [-0.25, -0.2) is 9.78 Å². The highest BCUT2D eigenvalue weighted by atomic mass is 16.4. The monoisotopic (exact) mass is 743 g/mol. The van der Waals surface area contributed by atoms with Gasteiger partial charge in [-0.05, 0) is 43.4 Å². The highest BCUT2D eigenvalue weighted by Crippen LogP contribution is 2.20. The Hall–Kier alpha value is -6.25. The number of guanidine groups is 1. The summed E-state index contributed by atoms with van der Waals surface area (Å²) >= 11 is 0. The van der Waals surface area contributed by atoms with Gasteiger partial charge >= 0.3 is 11.9 Å². The first-order chi connectivity index (χ1) is 25.1. The summed E-state index contributed by atoms with van der Waals surface area (Å²) in [7, 11) is 0. The van der Waals surface area contributed by atoms with Crippen LogP contribution in [0.15, 0.2) is 41.8 Å². The SMILES string of the molecule is NC(N)=NCCC[C@H](N)C(=O)NCC(=O)N[C@@H](CC(=O)O)C(=O)N[C@@H](Cc1cnc[nH]1)C(=O)N[C@@H](Cc1ccc(O)cc1)C(=O)N1CCC[C@H]1C(=O)O. The first kappa shape index (κ1) is 41.2. The number of H-pyrrole nitrogens is 1. The smallest absolute Gasteiger partial charge is 0.326 e. The second kappa shape index (κ2) is 20.0. The van der Waals surface area contributed by atoms with E-state index in [4.69, 9.17) is 17.2 Å². The van der Waals surface area contributed by atoms with E-state index in [1.165, 1.54) is 36.8 Å². The second-order valence-electron chi connectivity index (χ2n) is 12.3. The molecule has 21 heteroatoms. The van der Waals surface area contributed by atoms with E-state index in [2.05, 4.69) is 36.2 Å². The fourth-order valence-corrected chi connectivity index (χ4v) is 5.50. The van der Waals surface area contributed by atoms with E-state index in [1.54, 1.807) is 0 Å². The number of phenols is 1. The van der Waals surface area contributed by atoms with Crippen molar-refractivity contribution in [1.82, 2.24) is 36.1 Å². The molecule has 0 radical (unpaired) electrons. The van der Waals surface area contributed by atoms with E-state index in [-0.39, 0.29) is 50.5 Å². The molecule has 1 aromatic heterocycles. The van der Waals surface area contributed by atoms with Gasteiger partial charge in [0.05, 0.1) is 25.3 Å². The van der Waals surface area contributed by atoms with Gasteiger partial charge < -0.3 is 63.7 Å². The Kier molecular flexibility index (Phi) is 15.5. The van der Waals surface area contributed by atoms with E-state index in [0.29, 0.717) is 24.1 Å². The van der Waals surface area contributed by atoms with Crippen LogP contribution < -0.4 is 38.5 Å². The van der Waals surface area contributed by atoms with Gasteiger partial charge in [0.1, 0.15) is 29.9 Å². The zero-order chi connectivity index (χ0) is 39.1. The lowest BCUT2D eigenvalue weighted by molar-refractivity contribution is -0.149. The number of aliphatic carboxylic acids is 2. The van der Waals surface area contributed by atoms with Crippen molar-refractivity contribution in [3.63, 3.8) is 0 Å². The van der Waals surface area contributed by atoms with Crippen LogP contribution in [0.5, 0.6) is 5.75 Å². The molecule has 2 aromatic rings. The molecular weight excluding hydrogens is 698 g/mol. The number of phenolic OH excluding ortho intramolecular Hbond substituents is 1. The molecule has 0 unspecified atom stereocenters. The number of carbonyl (C=O) groups is 7. The van der Waals surface area contributed by atoms with Crippen LogP contribution in [-0.4, -0.2) is 127 Å². The van der Waals surface area contributed by atoms with Gasteiger partial charge in [0.15, 0.2) is 5.96 Å².